The molecule has 2 unspecified atom stereocenters. The highest BCUT2D eigenvalue weighted by molar-refractivity contribution is 9.13. The topological polar surface area (TPSA) is 58.6 Å². The first-order valence-corrected chi connectivity index (χ1v) is 8.00. The fourth-order valence-electron chi connectivity index (χ4n) is 1.87. The van der Waals surface area contributed by atoms with Crippen molar-refractivity contribution in [2.75, 3.05) is 13.2 Å². The highest BCUT2D eigenvalue weighted by Crippen LogP contribution is 2.35. The van der Waals surface area contributed by atoms with Crippen LogP contribution >= 0.6 is 43.2 Å². The highest BCUT2D eigenvalue weighted by Gasteiger charge is 2.25. The van der Waals surface area contributed by atoms with E-state index in [1.165, 1.54) is 11.3 Å². The molecule has 1 aliphatic heterocycles. The summed E-state index contributed by atoms with van der Waals surface area (Å²) in [5.41, 5.74) is 0. The molecule has 18 heavy (non-hydrogen) atoms. The summed E-state index contributed by atoms with van der Waals surface area (Å²) in [6.45, 7) is 1.35. The van der Waals surface area contributed by atoms with Gasteiger partial charge in [-0.15, -0.1) is 11.3 Å². The van der Waals surface area contributed by atoms with Crippen LogP contribution in [0, 0.1) is 0 Å². The second-order valence-corrected chi connectivity index (χ2v) is 7.34. The second kappa shape index (κ2) is 6.47. The van der Waals surface area contributed by atoms with Crippen LogP contribution in [0.25, 0.3) is 0 Å². The molecule has 0 radical (unpaired) electrons. The average molecular weight is 399 g/mol. The van der Waals surface area contributed by atoms with Crippen LogP contribution in [0.1, 0.15) is 23.8 Å². The number of carboxylic acid groups (broad SMARTS) is 1. The zero-order valence-corrected chi connectivity index (χ0v) is 13.5. The predicted molar refractivity (Wildman–Crippen MR) is 77.1 cm³/mol. The molecule has 1 aromatic heterocycles. The number of carbonyl (C=O) groups is 1. The normalized spacial score (nSPS) is 21.1. The van der Waals surface area contributed by atoms with Crippen LogP contribution in [0.15, 0.2) is 14.3 Å². The quantitative estimate of drug-likeness (QED) is 0.799. The number of hydrogen-bond donors (Lipinski definition) is 2. The number of thiophene rings is 1. The van der Waals surface area contributed by atoms with Crippen molar-refractivity contribution in [3.63, 3.8) is 0 Å². The summed E-state index contributed by atoms with van der Waals surface area (Å²) in [5, 5.41) is 12.3. The van der Waals surface area contributed by atoms with Crippen LogP contribution in [0.5, 0.6) is 0 Å². The Hall–Kier alpha value is 0.0500. The maximum atomic E-state index is 11.3. The lowest BCUT2D eigenvalue weighted by Gasteiger charge is -2.16. The van der Waals surface area contributed by atoms with Gasteiger partial charge in [-0.1, -0.05) is 0 Å². The maximum Gasteiger partial charge on any atom is 0.326 e. The number of nitrogens with one attached hydrogen (secondary N) is 1. The van der Waals surface area contributed by atoms with Gasteiger partial charge >= 0.3 is 5.97 Å². The number of halogens is 2. The lowest BCUT2D eigenvalue weighted by molar-refractivity contribution is -0.139. The molecular formula is C11H13Br2NO3S. The van der Waals surface area contributed by atoms with Crippen molar-refractivity contribution in [2.24, 2.45) is 0 Å². The minimum atomic E-state index is -0.866. The molecule has 1 fully saturated rings. The Morgan fingerprint density at radius 1 is 1.67 bits per heavy atom. The van der Waals surface area contributed by atoms with Gasteiger partial charge in [-0.3, -0.25) is 10.1 Å². The van der Waals surface area contributed by atoms with E-state index in [0.29, 0.717) is 6.54 Å². The molecule has 1 saturated heterocycles. The molecule has 7 heteroatoms. The predicted octanol–water partition coefficient (Wildman–Crippen LogP) is 3.17. The van der Waals surface area contributed by atoms with Crippen molar-refractivity contribution in [1.82, 2.24) is 5.32 Å². The van der Waals surface area contributed by atoms with E-state index in [-0.39, 0.29) is 6.10 Å². The summed E-state index contributed by atoms with van der Waals surface area (Å²) in [5.74, 6) is -0.866. The lowest BCUT2D eigenvalue weighted by atomic mass is 10.2. The van der Waals surface area contributed by atoms with Gasteiger partial charge in [0.15, 0.2) is 0 Å². The van der Waals surface area contributed by atoms with E-state index in [0.717, 1.165) is 32.6 Å². The van der Waals surface area contributed by atoms with Crippen LogP contribution in [0.3, 0.4) is 0 Å². The van der Waals surface area contributed by atoms with Crippen LogP contribution in [0.4, 0.5) is 0 Å². The number of ether oxygens (including phenoxy) is 1. The van der Waals surface area contributed by atoms with Crippen molar-refractivity contribution in [3.8, 4) is 0 Å². The van der Waals surface area contributed by atoms with Gasteiger partial charge in [-0.25, -0.2) is 0 Å². The Kier molecular flexibility index (Phi) is 5.20. The summed E-state index contributed by atoms with van der Waals surface area (Å²) in [4.78, 5) is 12.1. The molecule has 100 valence electrons. The monoisotopic (exact) mass is 397 g/mol. The van der Waals surface area contributed by atoms with Crippen molar-refractivity contribution in [3.05, 3.63) is 19.2 Å². The number of aliphatic carboxylic acids is 1. The summed E-state index contributed by atoms with van der Waals surface area (Å²) < 4.78 is 7.26. The van der Waals surface area contributed by atoms with Crippen LogP contribution in [0.2, 0.25) is 0 Å². The molecule has 0 bridgehead atoms. The fourth-order valence-corrected chi connectivity index (χ4v) is 4.03. The molecule has 2 rings (SSSR count). The number of carboxylic acids is 1. The zero-order valence-electron chi connectivity index (χ0n) is 9.49. The molecule has 2 atom stereocenters. The van der Waals surface area contributed by atoms with E-state index in [1.807, 2.05) is 6.07 Å². The molecule has 2 heterocycles. The average Bonchev–Trinajstić information content (AvgIpc) is 2.90. The Balaban J connectivity index is 2.01. The summed E-state index contributed by atoms with van der Waals surface area (Å²) in [6.07, 6.45) is 2.19. The van der Waals surface area contributed by atoms with E-state index in [2.05, 4.69) is 37.2 Å². The van der Waals surface area contributed by atoms with E-state index < -0.39 is 12.0 Å². The van der Waals surface area contributed by atoms with Gasteiger partial charge in [0, 0.05) is 22.5 Å². The van der Waals surface area contributed by atoms with E-state index in [4.69, 9.17) is 4.74 Å². The molecular weight excluding hydrogens is 386 g/mol. The SMILES string of the molecule is O=C(O)C(NCC1CCCO1)c1cc(Br)c(Br)s1. The van der Waals surface area contributed by atoms with Crippen LogP contribution < -0.4 is 5.32 Å². The third-order valence-electron chi connectivity index (χ3n) is 2.77. The minimum Gasteiger partial charge on any atom is -0.480 e. The van der Waals surface area contributed by atoms with Gasteiger partial charge in [0.25, 0.3) is 0 Å². The summed E-state index contributed by atoms with van der Waals surface area (Å²) >= 11 is 8.17. The van der Waals surface area contributed by atoms with Crippen molar-refractivity contribution in [2.45, 2.75) is 25.0 Å². The van der Waals surface area contributed by atoms with Gasteiger partial charge in [-0.05, 0) is 50.8 Å². The van der Waals surface area contributed by atoms with Gasteiger partial charge in [0.05, 0.1) is 9.89 Å². The third-order valence-corrected chi connectivity index (χ3v) is 6.09. The Morgan fingerprint density at radius 3 is 2.94 bits per heavy atom. The first-order chi connectivity index (χ1) is 8.58. The van der Waals surface area contributed by atoms with Crippen LogP contribution in [-0.2, 0) is 9.53 Å². The molecule has 1 aromatic rings. The van der Waals surface area contributed by atoms with Crippen LogP contribution in [-0.4, -0.2) is 30.3 Å². The van der Waals surface area contributed by atoms with Crippen molar-refractivity contribution < 1.29 is 14.6 Å². The minimum absolute atomic E-state index is 0.138. The molecule has 0 saturated carbocycles. The smallest absolute Gasteiger partial charge is 0.326 e. The maximum absolute atomic E-state index is 11.3. The van der Waals surface area contributed by atoms with E-state index >= 15 is 0 Å². The fraction of sp³-hybridized carbons (Fsp3) is 0.545. The Labute approximate surface area is 126 Å². The Morgan fingerprint density at radius 2 is 2.44 bits per heavy atom. The summed E-state index contributed by atoms with van der Waals surface area (Å²) in [6, 6.07) is 1.15. The van der Waals surface area contributed by atoms with E-state index in [1.54, 1.807) is 0 Å². The highest BCUT2D eigenvalue weighted by atomic mass is 79.9. The van der Waals surface area contributed by atoms with Crippen molar-refractivity contribution in [1.29, 1.82) is 0 Å². The molecule has 1 aliphatic rings. The van der Waals surface area contributed by atoms with Gasteiger partial charge in [0.2, 0.25) is 0 Å². The molecule has 4 nitrogen and oxygen atoms in total. The van der Waals surface area contributed by atoms with E-state index in [9.17, 15) is 9.90 Å². The first-order valence-electron chi connectivity index (χ1n) is 5.60. The van der Waals surface area contributed by atoms with Gasteiger partial charge < -0.3 is 9.84 Å². The molecule has 0 aliphatic carbocycles. The van der Waals surface area contributed by atoms with Gasteiger partial charge in [0.1, 0.15) is 6.04 Å². The largest absolute Gasteiger partial charge is 0.480 e. The number of hydrogen-bond acceptors (Lipinski definition) is 4. The van der Waals surface area contributed by atoms with Crippen molar-refractivity contribution >= 4 is 49.2 Å². The molecule has 2 N–H and O–H groups in total. The Bertz CT molecular complexity index is 412. The second-order valence-electron chi connectivity index (χ2n) is 4.08. The summed E-state index contributed by atoms with van der Waals surface area (Å²) in [7, 11) is 0. The van der Waals surface area contributed by atoms with Gasteiger partial charge in [-0.2, -0.15) is 0 Å². The lowest BCUT2D eigenvalue weighted by Crippen LogP contribution is -2.33. The zero-order chi connectivity index (χ0) is 13.1. The molecule has 0 spiro atoms. The molecule has 0 amide bonds. The standard InChI is InChI=1S/C11H13Br2NO3S/c12-7-4-8(18-10(7)13)9(11(15)16)14-5-6-2-1-3-17-6/h4,6,9,14H,1-3,5H2,(H,15,16). The first kappa shape index (κ1) is 14.5. The number of rotatable bonds is 5. The molecule has 0 aromatic carbocycles. The third kappa shape index (κ3) is 3.54.